The van der Waals surface area contributed by atoms with Gasteiger partial charge in [-0.2, -0.15) is 0 Å². The van der Waals surface area contributed by atoms with Crippen LogP contribution in [-0.2, 0) is 0 Å². The number of benzene rings is 1. The maximum Gasteiger partial charge on any atom is 0.166 e. The van der Waals surface area contributed by atoms with Crippen LogP contribution in [0.4, 0.5) is 0 Å². The molecule has 1 aromatic carbocycles. The molecule has 0 spiro atoms. The van der Waals surface area contributed by atoms with E-state index in [1.54, 1.807) is 11.3 Å². The van der Waals surface area contributed by atoms with Crippen LogP contribution in [0.25, 0.3) is 0 Å². The number of thiophene rings is 1. The van der Waals surface area contributed by atoms with E-state index in [9.17, 15) is 0 Å². The Balaban J connectivity index is 2.28. The molecule has 2 N–H and O–H groups in total. The molecule has 0 fully saturated rings. The van der Waals surface area contributed by atoms with Gasteiger partial charge in [-0.3, -0.25) is 0 Å². The molecule has 0 aliphatic carbocycles. The van der Waals surface area contributed by atoms with Crippen molar-refractivity contribution < 1.29 is 0 Å². The van der Waals surface area contributed by atoms with Gasteiger partial charge in [-0.15, -0.1) is 11.3 Å². The first-order valence-corrected chi connectivity index (χ1v) is 8.02. The molecule has 20 heavy (non-hydrogen) atoms. The fourth-order valence-corrected chi connectivity index (χ4v) is 2.97. The largest absolute Gasteiger partial charge is 0.366 e. The highest BCUT2D eigenvalue weighted by Gasteiger charge is 2.16. The lowest BCUT2D eigenvalue weighted by molar-refractivity contribution is 0.764. The van der Waals surface area contributed by atoms with Gasteiger partial charge in [0.15, 0.2) is 5.11 Å². The molecule has 2 nitrogen and oxygen atoms in total. The second-order valence-electron chi connectivity index (χ2n) is 4.99. The average Bonchev–Trinajstić information content (AvgIpc) is 2.98. The van der Waals surface area contributed by atoms with Gasteiger partial charge in [0, 0.05) is 11.9 Å². The summed E-state index contributed by atoms with van der Waals surface area (Å²) in [7, 11) is 1.84. The van der Waals surface area contributed by atoms with Crippen molar-refractivity contribution in [3.8, 4) is 0 Å². The molecule has 0 saturated carbocycles. The predicted octanol–water partition coefficient (Wildman–Crippen LogP) is 4.05. The van der Waals surface area contributed by atoms with Crippen molar-refractivity contribution in [2.45, 2.75) is 25.8 Å². The maximum absolute atomic E-state index is 5.26. The number of thiocarbonyl (C=S) groups is 1. The van der Waals surface area contributed by atoms with Crippen LogP contribution in [0.3, 0.4) is 0 Å². The number of hydrogen-bond acceptors (Lipinski definition) is 2. The minimum atomic E-state index is 0.108. The monoisotopic (exact) mass is 304 g/mol. The van der Waals surface area contributed by atoms with Gasteiger partial charge in [0.1, 0.15) is 0 Å². The second-order valence-corrected chi connectivity index (χ2v) is 6.38. The van der Waals surface area contributed by atoms with Gasteiger partial charge in [-0.25, -0.2) is 0 Å². The Morgan fingerprint density at radius 3 is 2.25 bits per heavy atom. The molecule has 1 atom stereocenters. The van der Waals surface area contributed by atoms with E-state index in [2.05, 4.69) is 66.3 Å². The van der Waals surface area contributed by atoms with Crippen LogP contribution in [0.15, 0.2) is 41.8 Å². The van der Waals surface area contributed by atoms with E-state index in [1.165, 1.54) is 16.0 Å². The third-order valence-corrected chi connectivity index (χ3v) is 4.53. The van der Waals surface area contributed by atoms with Crippen LogP contribution < -0.4 is 10.6 Å². The van der Waals surface area contributed by atoms with E-state index in [0.717, 1.165) is 0 Å². The molecule has 2 rings (SSSR count). The van der Waals surface area contributed by atoms with Crippen molar-refractivity contribution in [1.29, 1.82) is 0 Å². The summed E-state index contributed by atoms with van der Waals surface area (Å²) in [5, 5.41) is 9.10. The summed E-state index contributed by atoms with van der Waals surface area (Å²) in [5.41, 5.74) is 2.59. The van der Waals surface area contributed by atoms with Crippen LogP contribution in [0.1, 0.15) is 41.8 Å². The van der Waals surface area contributed by atoms with Crippen molar-refractivity contribution in [2.75, 3.05) is 7.05 Å². The van der Waals surface area contributed by atoms with E-state index in [1.807, 2.05) is 7.05 Å². The molecule has 0 radical (unpaired) electrons. The smallest absolute Gasteiger partial charge is 0.166 e. The van der Waals surface area contributed by atoms with Crippen molar-refractivity contribution in [2.24, 2.45) is 0 Å². The Morgan fingerprint density at radius 1 is 1.10 bits per heavy atom. The topological polar surface area (TPSA) is 24.1 Å². The Kier molecular flexibility index (Phi) is 5.15. The molecular weight excluding hydrogens is 284 g/mol. The molecule has 106 valence electrons. The molecule has 0 bridgehead atoms. The highest BCUT2D eigenvalue weighted by atomic mass is 32.1. The first-order chi connectivity index (χ1) is 9.61. The van der Waals surface area contributed by atoms with Crippen LogP contribution in [0, 0.1) is 0 Å². The van der Waals surface area contributed by atoms with Crippen LogP contribution in [-0.4, -0.2) is 12.2 Å². The molecule has 0 unspecified atom stereocenters. The Morgan fingerprint density at radius 2 is 1.75 bits per heavy atom. The molecule has 0 aliphatic heterocycles. The zero-order valence-electron chi connectivity index (χ0n) is 12.0. The van der Waals surface area contributed by atoms with Gasteiger partial charge in [0.2, 0.25) is 0 Å². The number of rotatable bonds is 4. The van der Waals surface area contributed by atoms with E-state index in [0.29, 0.717) is 11.0 Å². The third kappa shape index (κ3) is 3.58. The molecule has 2 aromatic rings. The molecular formula is C16H20N2S2. The van der Waals surface area contributed by atoms with Gasteiger partial charge < -0.3 is 10.6 Å². The van der Waals surface area contributed by atoms with Gasteiger partial charge in [-0.1, -0.05) is 44.2 Å². The highest BCUT2D eigenvalue weighted by molar-refractivity contribution is 7.80. The second kappa shape index (κ2) is 6.86. The van der Waals surface area contributed by atoms with Crippen molar-refractivity contribution in [3.63, 3.8) is 0 Å². The fraction of sp³-hybridized carbons (Fsp3) is 0.312. The predicted molar refractivity (Wildman–Crippen MR) is 91.5 cm³/mol. The summed E-state index contributed by atoms with van der Waals surface area (Å²) in [5.74, 6) is 0.551. The zero-order chi connectivity index (χ0) is 14.5. The van der Waals surface area contributed by atoms with Crippen molar-refractivity contribution in [1.82, 2.24) is 10.6 Å². The van der Waals surface area contributed by atoms with E-state index in [4.69, 9.17) is 12.2 Å². The first-order valence-electron chi connectivity index (χ1n) is 6.73. The standard InChI is InChI=1S/C16H20N2S2/c1-11(2)12-6-8-13(9-7-12)15(18-16(19)17-3)14-5-4-10-20-14/h4-11,15H,1-3H3,(H2,17,18,19)/t15-/m0/s1. The Hall–Kier alpha value is -1.39. The highest BCUT2D eigenvalue weighted by Crippen LogP contribution is 2.27. The van der Waals surface area contributed by atoms with Gasteiger partial charge >= 0.3 is 0 Å². The molecule has 0 amide bonds. The first kappa shape index (κ1) is 15.0. The van der Waals surface area contributed by atoms with Crippen molar-refractivity contribution >= 4 is 28.7 Å². The quantitative estimate of drug-likeness (QED) is 0.833. The Bertz CT molecular complexity index is 544. The summed E-state index contributed by atoms with van der Waals surface area (Å²) < 4.78 is 0. The van der Waals surface area contributed by atoms with E-state index >= 15 is 0 Å². The van der Waals surface area contributed by atoms with Crippen LogP contribution in [0.2, 0.25) is 0 Å². The lowest BCUT2D eigenvalue weighted by Gasteiger charge is -2.20. The molecule has 1 heterocycles. The maximum atomic E-state index is 5.26. The van der Waals surface area contributed by atoms with E-state index in [-0.39, 0.29) is 6.04 Å². The summed E-state index contributed by atoms with van der Waals surface area (Å²) >= 11 is 6.99. The van der Waals surface area contributed by atoms with Crippen molar-refractivity contribution in [3.05, 3.63) is 57.8 Å². The zero-order valence-corrected chi connectivity index (χ0v) is 13.6. The minimum Gasteiger partial charge on any atom is -0.366 e. The van der Waals surface area contributed by atoms with Crippen LogP contribution >= 0.6 is 23.6 Å². The summed E-state index contributed by atoms with van der Waals surface area (Å²) in [6.45, 7) is 4.42. The lowest BCUT2D eigenvalue weighted by atomic mass is 9.98. The molecule has 4 heteroatoms. The third-order valence-electron chi connectivity index (χ3n) is 3.27. The van der Waals surface area contributed by atoms with Gasteiger partial charge in [-0.05, 0) is 40.7 Å². The fourth-order valence-electron chi connectivity index (χ4n) is 2.05. The van der Waals surface area contributed by atoms with Crippen LogP contribution in [0.5, 0.6) is 0 Å². The normalized spacial score (nSPS) is 12.2. The number of nitrogens with one attached hydrogen (secondary N) is 2. The average molecular weight is 304 g/mol. The summed E-state index contributed by atoms with van der Waals surface area (Å²) in [6.07, 6.45) is 0. The molecule has 1 aromatic heterocycles. The molecule has 0 aliphatic rings. The summed E-state index contributed by atoms with van der Waals surface area (Å²) in [6, 6.07) is 13.1. The SMILES string of the molecule is CNC(=S)N[C@@H](c1ccc(C(C)C)cc1)c1cccs1. The van der Waals surface area contributed by atoms with E-state index < -0.39 is 0 Å². The number of hydrogen-bond donors (Lipinski definition) is 2. The Labute approximate surface area is 130 Å². The summed E-state index contributed by atoms with van der Waals surface area (Å²) in [4.78, 5) is 1.26. The lowest BCUT2D eigenvalue weighted by Crippen LogP contribution is -2.35. The molecule has 0 saturated heterocycles. The van der Waals surface area contributed by atoms with Gasteiger partial charge in [0.05, 0.1) is 6.04 Å². The minimum absolute atomic E-state index is 0.108. The van der Waals surface area contributed by atoms with Gasteiger partial charge in [0.25, 0.3) is 0 Å².